The van der Waals surface area contributed by atoms with Gasteiger partial charge in [0.2, 0.25) is 0 Å². The van der Waals surface area contributed by atoms with E-state index in [0.29, 0.717) is 17.0 Å². The lowest BCUT2D eigenvalue weighted by atomic mass is 9.77. The standard InChI is InChI=1S/C15H19N3OS.ClH/c1-10(2)20-12-6-4-11(5-7-12)13-17-14(18-19-13)15(16)8-3-9-15;/h4-7,10H,3,8-9,16H2,1-2H3;1H. The quantitative estimate of drug-likeness (QED) is 0.861. The van der Waals surface area contributed by atoms with Crippen LogP contribution in [0.15, 0.2) is 33.7 Å². The summed E-state index contributed by atoms with van der Waals surface area (Å²) in [6, 6.07) is 8.22. The molecule has 21 heavy (non-hydrogen) atoms. The Morgan fingerprint density at radius 2 is 1.90 bits per heavy atom. The van der Waals surface area contributed by atoms with Gasteiger partial charge in [0, 0.05) is 15.7 Å². The van der Waals surface area contributed by atoms with Gasteiger partial charge in [0.25, 0.3) is 5.89 Å². The second-order valence-electron chi connectivity index (χ2n) is 5.62. The lowest BCUT2D eigenvalue weighted by Crippen LogP contribution is -2.44. The summed E-state index contributed by atoms with van der Waals surface area (Å²) in [5.41, 5.74) is 6.78. The average molecular weight is 326 g/mol. The van der Waals surface area contributed by atoms with Crippen LogP contribution in [-0.2, 0) is 5.54 Å². The van der Waals surface area contributed by atoms with Crippen molar-refractivity contribution in [1.82, 2.24) is 10.1 Å². The minimum Gasteiger partial charge on any atom is -0.334 e. The normalized spacial score (nSPS) is 16.4. The van der Waals surface area contributed by atoms with E-state index in [0.717, 1.165) is 24.8 Å². The number of benzene rings is 1. The molecule has 0 atom stereocenters. The first-order chi connectivity index (χ1) is 9.57. The van der Waals surface area contributed by atoms with E-state index in [1.54, 1.807) is 0 Å². The third-order valence-corrected chi connectivity index (χ3v) is 4.61. The molecular formula is C15H20ClN3OS. The van der Waals surface area contributed by atoms with Crippen LogP contribution < -0.4 is 5.73 Å². The first-order valence-corrected chi connectivity index (χ1v) is 7.85. The van der Waals surface area contributed by atoms with E-state index in [-0.39, 0.29) is 17.9 Å². The molecule has 1 aliphatic carbocycles. The molecule has 1 aromatic carbocycles. The average Bonchev–Trinajstić information content (AvgIpc) is 2.86. The molecule has 1 fully saturated rings. The highest BCUT2D eigenvalue weighted by atomic mass is 35.5. The third kappa shape index (κ3) is 3.42. The lowest BCUT2D eigenvalue weighted by Gasteiger charge is -2.34. The summed E-state index contributed by atoms with van der Waals surface area (Å²) in [5.74, 6) is 1.19. The molecule has 3 rings (SSSR count). The van der Waals surface area contributed by atoms with E-state index in [4.69, 9.17) is 10.3 Å². The number of rotatable bonds is 4. The van der Waals surface area contributed by atoms with E-state index in [1.807, 2.05) is 23.9 Å². The highest BCUT2D eigenvalue weighted by Gasteiger charge is 2.39. The van der Waals surface area contributed by atoms with Crippen LogP contribution in [0.5, 0.6) is 0 Å². The maximum atomic E-state index is 6.21. The van der Waals surface area contributed by atoms with E-state index >= 15 is 0 Å². The molecule has 1 aliphatic rings. The van der Waals surface area contributed by atoms with Gasteiger partial charge in [-0.05, 0) is 43.5 Å². The summed E-state index contributed by atoms with van der Waals surface area (Å²) in [7, 11) is 0. The molecule has 0 bridgehead atoms. The topological polar surface area (TPSA) is 64.9 Å². The minimum absolute atomic E-state index is 0. The Kier molecular flexibility index (Phi) is 4.96. The van der Waals surface area contributed by atoms with E-state index in [9.17, 15) is 0 Å². The molecule has 1 heterocycles. The fraction of sp³-hybridized carbons (Fsp3) is 0.467. The highest BCUT2D eigenvalue weighted by Crippen LogP contribution is 2.37. The van der Waals surface area contributed by atoms with Gasteiger partial charge in [0.05, 0.1) is 5.54 Å². The number of hydrogen-bond donors (Lipinski definition) is 1. The van der Waals surface area contributed by atoms with Crippen LogP contribution in [0.2, 0.25) is 0 Å². The smallest absolute Gasteiger partial charge is 0.257 e. The molecule has 114 valence electrons. The molecule has 2 N–H and O–H groups in total. The molecule has 0 spiro atoms. The zero-order valence-electron chi connectivity index (χ0n) is 12.2. The molecule has 0 radical (unpaired) electrons. The van der Waals surface area contributed by atoms with Crippen LogP contribution in [-0.4, -0.2) is 15.4 Å². The minimum atomic E-state index is -0.366. The van der Waals surface area contributed by atoms with Crippen LogP contribution >= 0.6 is 24.2 Å². The first kappa shape index (κ1) is 16.3. The van der Waals surface area contributed by atoms with Crippen molar-refractivity contribution in [3.63, 3.8) is 0 Å². The van der Waals surface area contributed by atoms with Gasteiger partial charge < -0.3 is 10.3 Å². The molecule has 2 aromatic rings. The second kappa shape index (κ2) is 6.38. The largest absolute Gasteiger partial charge is 0.334 e. The van der Waals surface area contributed by atoms with Crippen LogP contribution in [0.4, 0.5) is 0 Å². The predicted molar refractivity (Wildman–Crippen MR) is 87.7 cm³/mol. The molecule has 0 aliphatic heterocycles. The summed E-state index contributed by atoms with van der Waals surface area (Å²) >= 11 is 1.84. The highest BCUT2D eigenvalue weighted by molar-refractivity contribution is 7.99. The van der Waals surface area contributed by atoms with Crippen molar-refractivity contribution in [3.8, 4) is 11.5 Å². The van der Waals surface area contributed by atoms with E-state index in [1.165, 1.54) is 4.90 Å². The summed E-state index contributed by atoms with van der Waals surface area (Å²) in [5, 5.41) is 4.62. The maximum Gasteiger partial charge on any atom is 0.257 e. The van der Waals surface area contributed by atoms with Gasteiger partial charge in [-0.2, -0.15) is 4.98 Å². The monoisotopic (exact) mass is 325 g/mol. The van der Waals surface area contributed by atoms with Gasteiger partial charge in [-0.25, -0.2) is 0 Å². The van der Waals surface area contributed by atoms with Crippen molar-refractivity contribution in [1.29, 1.82) is 0 Å². The van der Waals surface area contributed by atoms with Gasteiger partial charge in [-0.1, -0.05) is 19.0 Å². The summed E-state index contributed by atoms with van der Waals surface area (Å²) < 4.78 is 5.35. The third-order valence-electron chi connectivity index (χ3n) is 3.59. The first-order valence-electron chi connectivity index (χ1n) is 6.97. The van der Waals surface area contributed by atoms with Gasteiger partial charge in [0.15, 0.2) is 5.82 Å². The summed E-state index contributed by atoms with van der Waals surface area (Å²) in [4.78, 5) is 5.70. The number of halogens is 1. The molecule has 0 saturated heterocycles. The summed E-state index contributed by atoms with van der Waals surface area (Å²) in [6.45, 7) is 4.37. The Balaban J connectivity index is 0.00000161. The van der Waals surface area contributed by atoms with Crippen LogP contribution in [0.1, 0.15) is 38.9 Å². The molecule has 1 saturated carbocycles. The zero-order chi connectivity index (χ0) is 14.2. The SMILES string of the molecule is CC(C)Sc1ccc(-c2nc(C3(N)CCC3)no2)cc1.Cl. The number of thioether (sulfide) groups is 1. The molecule has 4 nitrogen and oxygen atoms in total. The van der Waals surface area contributed by atoms with Crippen molar-refractivity contribution < 1.29 is 4.52 Å². The second-order valence-corrected chi connectivity index (χ2v) is 7.27. The van der Waals surface area contributed by atoms with Gasteiger partial charge in [-0.15, -0.1) is 24.2 Å². The van der Waals surface area contributed by atoms with E-state index < -0.39 is 0 Å². The number of nitrogens with zero attached hydrogens (tertiary/aromatic N) is 2. The van der Waals surface area contributed by atoms with Gasteiger partial charge >= 0.3 is 0 Å². The van der Waals surface area contributed by atoms with Crippen LogP contribution in [0.25, 0.3) is 11.5 Å². The Morgan fingerprint density at radius 3 is 2.43 bits per heavy atom. The predicted octanol–water partition coefficient (Wildman–Crippen LogP) is 4.00. The number of aromatic nitrogens is 2. The Hall–Kier alpha value is -1.04. The fourth-order valence-electron chi connectivity index (χ4n) is 2.27. The molecule has 6 heteroatoms. The maximum absolute atomic E-state index is 6.21. The molecular weight excluding hydrogens is 306 g/mol. The van der Waals surface area contributed by atoms with Crippen LogP contribution in [0, 0.1) is 0 Å². The Morgan fingerprint density at radius 1 is 1.24 bits per heavy atom. The zero-order valence-corrected chi connectivity index (χ0v) is 13.8. The summed E-state index contributed by atoms with van der Waals surface area (Å²) in [6.07, 6.45) is 3.02. The van der Waals surface area contributed by atoms with Crippen LogP contribution in [0.3, 0.4) is 0 Å². The van der Waals surface area contributed by atoms with Crippen molar-refractivity contribution in [2.24, 2.45) is 5.73 Å². The fourth-order valence-corrected chi connectivity index (χ4v) is 3.11. The lowest BCUT2D eigenvalue weighted by molar-refractivity contribution is 0.229. The van der Waals surface area contributed by atoms with Crippen molar-refractivity contribution >= 4 is 24.2 Å². The Labute approximate surface area is 135 Å². The number of hydrogen-bond acceptors (Lipinski definition) is 5. The number of nitrogens with two attached hydrogens (primary N) is 1. The van der Waals surface area contributed by atoms with Crippen molar-refractivity contribution in [3.05, 3.63) is 30.1 Å². The van der Waals surface area contributed by atoms with Gasteiger partial charge in [-0.3, -0.25) is 0 Å². The Bertz CT molecular complexity index is 593. The van der Waals surface area contributed by atoms with Gasteiger partial charge in [0.1, 0.15) is 0 Å². The molecule has 1 aromatic heterocycles. The van der Waals surface area contributed by atoms with Crippen molar-refractivity contribution in [2.45, 2.75) is 48.8 Å². The van der Waals surface area contributed by atoms with Crippen molar-refractivity contribution in [2.75, 3.05) is 0 Å². The molecule has 0 unspecified atom stereocenters. The molecule has 0 amide bonds. The van der Waals surface area contributed by atoms with E-state index in [2.05, 4.69) is 36.1 Å².